The van der Waals surface area contributed by atoms with Gasteiger partial charge in [0, 0.05) is 12.0 Å². The normalized spacial score (nSPS) is 14.3. The minimum Gasteiger partial charge on any atom is -0.493 e. The zero-order chi connectivity index (χ0) is 7.84. The third kappa shape index (κ3) is 0.843. The van der Waals surface area contributed by atoms with Gasteiger partial charge >= 0.3 is 0 Å². The van der Waals surface area contributed by atoms with Gasteiger partial charge in [-0.3, -0.25) is 0 Å². The number of rotatable bonds is 0. The number of benzene rings is 1. The molecular formula is C8H8FNO. The zero-order valence-corrected chi connectivity index (χ0v) is 5.93. The Labute approximate surface area is 63.8 Å². The Morgan fingerprint density at radius 3 is 3.09 bits per heavy atom. The maximum absolute atomic E-state index is 13.1. The van der Waals surface area contributed by atoms with Crippen LogP contribution in [0.15, 0.2) is 12.1 Å². The van der Waals surface area contributed by atoms with E-state index < -0.39 is 0 Å². The summed E-state index contributed by atoms with van der Waals surface area (Å²) in [6.07, 6.45) is 0.631. The summed E-state index contributed by atoms with van der Waals surface area (Å²) in [5, 5.41) is 0. The van der Waals surface area contributed by atoms with Crippen LogP contribution in [0.4, 0.5) is 10.1 Å². The highest BCUT2D eigenvalue weighted by Crippen LogP contribution is 2.30. The lowest BCUT2D eigenvalue weighted by Gasteiger charge is -2.01. The Hall–Kier alpha value is -1.25. The summed E-state index contributed by atoms with van der Waals surface area (Å²) < 4.78 is 18.2. The molecule has 1 aliphatic heterocycles. The summed E-state index contributed by atoms with van der Waals surface area (Å²) in [4.78, 5) is 0. The van der Waals surface area contributed by atoms with Gasteiger partial charge in [-0.2, -0.15) is 0 Å². The van der Waals surface area contributed by atoms with E-state index in [0.29, 0.717) is 24.3 Å². The molecule has 0 aliphatic carbocycles. The molecule has 58 valence electrons. The Bertz CT molecular complexity index is 298. The average Bonchev–Trinajstić information content (AvgIpc) is 2.45. The third-order valence-corrected chi connectivity index (χ3v) is 1.84. The van der Waals surface area contributed by atoms with E-state index in [0.717, 1.165) is 0 Å². The minimum absolute atomic E-state index is 0.203. The van der Waals surface area contributed by atoms with Gasteiger partial charge in [0.1, 0.15) is 5.75 Å². The summed E-state index contributed by atoms with van der Waals surface area (Å²) in [5.41, 5.74) is 6.18. The van der Waals surface area contributed by atoms with Crippen LogP contribution < -0.4 is 10.5 Å². The first-order valence-electron chi connectivity index (χ1n) is 3.48. The number of nitrogens with two attached hydrogens (primary N) is 1. The van der Waals surface area contributed by atoms with Crippen molar-refractivity contribution in [3.8, 4) is 5.75 Å². The van der Waals surface area contributed by atoms with E-state index in [2.05, 4.69) is 0 Å². The van der Waals surface area contributed by atoms with Gasteiger partial charge in [-0.05, 0) is 12.1 Å². The maximum atomic E-state index is 13.1. The predicted octanol–water partition coefficient (Wildman–Crippen LogP) is 1.34. The van der Waals surface area contributed by atoms with Crippen molar-refractivity contribution in [3.05, 3.63) is 23.5 Å². The standard InChI is InChI=1S/C8H8FNO/c9-8-5-3-4-11-7(5)2-1-6(8)10/h1-2H,3-4,10H2. The number of fused-ring (bicyclic) bond motifs is 1. The van der Waals surface area contributed by atoms with Crippen molar-refractivity contribution < 1.29 is 9.13 Å². The van der Waals surface area contributed by atoms with E-state index in [1.54, 1.807) is 6.07 Å². The van der Waals surface area contributed by atoms with Gasteiger partial charge in [0.2, 0.25) is 0 Å². The summed E-state index contributed by atoms with van der Waals surface area (Å²) in [7, 11) is 0. The summed E-state index contributed by atoms with van der Waals surface area (Å²) in [6, 6.07) is 3.24. The van der Waals surface area contributed by atoms with E-state index in [1.165, 1.54) is 6.07 Å². The van der Waals surface area contributed by atoms with Gasteiger partial charge in [-0.15, -0.1) is 0 Å². The molecule has 0 unspecified atom stereocenters. The van der Waals surface area contributed by atoms with Gasteiger partial charge in [-0.1, -0.05) is 0 Å². The van der Waals surface area contributed by atoms with E-state index in [9.17, 15) is 4.39 Å². The highest BCUT2D eigenvalue weighted by atomic mass is 19.1. The number of anilines is 1. The smallest absolute Gasteiger partial charge is 0.153 e. The van der Waals surface area contributed by atoms with E-state index >= 15 is 0 Å². The summed E-state index contributed by atoms with van der Waals surface area (Å²) >= 11 is 0. The van der Waals surface area contributed by atoms with Crippen molar-refractivity contribution in [2.75, 3.05) is 12.3 Å². The molecule has 2 rings (SSSR count). The molecule has 0 saturated carbocycles. The van der Waals surface area contributed by atoms with Gasteiger partial charge in [0.15, 0.2) is 5.82 Å². The fourth-order valence-electron chi connectivity index (χ4n) is 1.25. The Morgan fingerprint density at radius 1 is 1.45 bits per heavy atom. The van der Waals surface area contributed by atoms with Gasteiger partial charge < -0.3 is 10.5 Å². The Balaban J connectivity index is 2.62. The minimum atomic E-state index is -0.319. The Morgan fingerprint density at radius 2 is 2.27 bits per heavy atom. The topological polar surface area (TPSA) is 35.2 Å². The summed E-state index contributed by atoms with van der Waals surface area (Å²) in [5.74, 6) is 0.316. The number of halogens is 1. The van der Waals surface area contributed by atoms with Crippen molar-refractivity contribution in [1.29, 1.82) is 0 Å². The molecule has 1 heterocycles. The number of hydrogen-bond acceptors (Lipinski definition) is 2. The van der Waals surface area contributed by atoms with Crippen LogP contribution in [-0.2, 0) is 6.42 Å². The molecule has 0 bridgehead atoms. The van der Waals surface area contributed by atoms with E-state index in [-0.39, 0.29) is 11.5 Å². The molecule has 0 saturated heterocycles. The molecular weight excluding hydrogens is 145 g/mol. The van der Waals surface area contributed by atoms with Crippen molar-refractivity contribution in [2.24, 2.45) is 0 Å². The van der Waals surface area contributed by atoms with Crippen LogP contribution in [0, 0.1) is 5.82 Å². The fraction of sp³-hybridized carbons (Fsp3) is 0.250. The average molecular weight is 153 g/mol. The first kappa shape index (κ1) is 6.46. The lowest BCUT2D eigenvalue weighted by Crippen LogP contribution is -1.93. The number of hydrogen-bond donors (Lipinski definition) is 1. The summed E-state index contributed by atoms with van der Waals surface area (Å²) in [6.45, 7) is 0.565. The van der Waals surface area contributed by atoms with E-state index in [4.69, 9.17) is 10.5 Å². The maximum Gasteiger partial charge on any atom is 0.153 e. The molecule has 1 aliphatic rings. The van der Waals surface area contributed by atoms with Crippen molar-refractivity contribution >= 4 is 5.69 Å². The second kappa shape index (κ2) is 2.12. The molecule has 11 heavy (non-hydrogen) atoms. The van der Waals surface area contributed by atoms with Crippen LogP contribution in [0.1, 0.15) is 5.56 Å². The zero-order valence-electron chi connectivity index (χ0n) is 5.93. The van der Waals surface area contributed by atoms with Crippen LogP contribution >= 0.6 is 0 Å². The van der Waals surface area contributed by atoms with Crippen molar-refractivity contribution in [3.63, 3.8) is 0 Å². The van der Waals surface area contributed by atoms with Crippen LogP contribution in [0.2, 0.25) is 0 Å². The fourth-order valence-corrected chi connectivity index (χ4v) is 1.25. The molecule has 0 amide bonds. The highest BCUT2D eigenvalue weighted by molar-refractivity contribution is 5.50. The van der Waals surface area contributed by atoms with Crippen molar-refractivity contribution in [2.45, 2.75) is 6.42 Å². The lowest BCUT2D eigenvalue weighted by atomic mass is 10.1. The molecule has 0 spiro atoms. The molecule has 1 aromatic carbocycles. The second-order valence-electron chi connectivity index (χ2n) is 2.54. The van der Waals surface area contributed by atoms with Crippen molar-refractivity contribution in [1.82, 2.24) is 0 Å². The number of ether oxygens (including phenoxy) is 1. The quantitative estimate of drug-likeness (QED) is 0.571. The van der Waals surface area contributed by atoms with Crippen LogP contribution in [-0.4, -0.2) is 6.61 Å². The van der Waals surface area contributed by atoms with Crippen LogP contribution in [0.3, 0.4) is 0 Å². The molecule has 0 aromatic heterocycles. The molecule has 2 nitrogen and oxygen atoms in total. The van der Waals surface area contributed by atoms with Crippen LogP contribution in [0.25, 0.3) is 0 Å². The monoisotopic (exact) mass is 153 g/mol. The molecule has 3 heteroatoms. The second-order valence-corrected chi connectivity index (χ2v) is 2.54. The first-order valence-corrected chi connectivity index (χ1v) is 3.48. The molecule has 2 N–H and O–H groups in total. The van der Waals surface area contributed by atoms with Gasteiger partial charge in [-0.25, -0.2) is 4.39 Å². The first-order chi connectivity index (χ1) is 5.29. The molecule has 0 radical (unpaired) electrons. The molecule has 0 atom stereocenters. The van der Waals surface area contributed by atoms with Crippen LogP contribution in [0.5, 0.6) is 5.75 Å². The third-order valence-electron chi connectivity index (χ3n) is 1.84. The predicted molar refractivity (Wildman–Crippen MR) is 40.0 cm³/mol. The molecule has 0 fully saturated rings. The van der Waals surface area contributed by atoms with E-state index in [1.807, 2.05) is 0 Å². The lowest BCUT2D eigenvalue weighted by molar-refractivity contribution is 0.357. The molecule has 1 aromatic rings. The van der Waals surface area contributed by atoms with Gasteiger partial charge in [0.25, 0.3) is 0 Å². The van der Waals surface area contributed by atoms with Gasteiger partial charge in [0.05, 0.1) is 12.3 Å². The highest BCUT2D eigenvalue weighted by Gasteiger charge is 2.17. The number of nitrogen functional groups attached to an aromatic ring is 1. The SMILES string of the molecule is Nc1ccc2c(c1F)CCO2. The largest absolute Gasteiger partial charge is 0.493 e. The Kier molecular flexibility index (Phi) is 1.24.